The summed E-state index contributed by atoms with van der Waals surface area (Å²) >= 11 is 0. The Morgan fingerprint density at radius 1 is 1.03 bits per heavy atom. The molecule has 1 heterocycles. The van der Waals surface area contributed by atoms with Crippen LogP contribution in [0.2, 0.25) is 0 Å². The number of aromatic nitrogens is 2. The number of rotatable bonds is 7. The van der Waals surface area contributed by atoms with E-state index in [1.807, 2.05) is 20.8 Å². The summed E-state index contributed by atoms with van der Waals surface area (Å²) in [6, 6.07) is 5.82. The maximum Gasteiger partial charge on any atom is 0.253 e. The van der Waals surface area contributed by atoms with Gasteiger partial charge in [0.15, 0.2) is 0 Å². The highest BCUT2D eigenvalue weighted by molar-refractivity contribution is 5.94. The number of nitrogens with one attached hydrogen (secondary N) is 4. The molecule has 0 radical (unpaired) electrons. The first-order chi connectivity index (χ1) is 16.1. The van der Waals surface area contributed by atoms with Crippen LogP contribution in [0, 0.1) is 5.82 Å². The lowest BCUT2D eigenvalue weighted by Gasteiger charge is -2.24. The van der Waals surface area contributed by atoms with Crippen LogP contribution in [0.1, 0.15) is 56.8 Å². The zero-order valence-corrected chi connectivity index (χ0v) is 19.3. The zero-order chi connectivity index (χ0) is 24.5. The average molecular weight is 467 g/mol. The highest BCUT2D eigenvalue weighted by atomic mass is 19.1. The number of hydrogen-bond donors (Lipinski definition) is 4. The summed E-state index contributed by atoms with van der Waals surface area (Å²) < 4.78 is 14.7. The zero-order valence-electron chi connectivity index (χ0n) is 19.3. The second-order valence-corrected chi connectivity index (χ2v) is 9.45. The number of carbonyl (C=O) groups excluding carboxylic acids is 1. The Morgan fingerprint density at radius 2 is 1.74 bits per heavy atom. The van der Waals surface area contributed by atoms with Crippen molar-refractivity contribution in [3.63, 3.8) is 0 Å². The highest BCUT2D eigenvalue weighted by Gasteiger charge is 2.25. The molecule has 178 valence electrons. The minimum atomic E-state index is -0.641. The number of nitrogens with zero attached hydrogens (tertiary/aromatic N) is 2. The van der Waals surface area contributed by atoms with Gasteiger partial charge in [-0.2, -0.15) is 4.98 Å². The molecule has 0 bridgehead atoms. The van der Waals surface area contributed by atoms with Crippen molar-refractivity contribution in [3.05, 3.63) is 62.3 Å². The molecule has 2 aromatic carbocycles. The van der Waals surface area contributed by atoms with Gasteiger partial charge in [0.05, 0.1) is 5.69 Å². The van der Waals surface area contributed by atoms with Crippen LogP contribution < -0.4 is 32.1 Å². The number of halogens is 1. The van der Waals surface area contributed by atoms with Crippen molar-refractivity contribution in [3.8, 4) is 0 Å². The van der Waals surface area contributed by atoms with Crippen LogP contribution in [0.15, 0.2) is 40.1 Å². The lowest BCUT2D eigenvalue weighted by molar-refractivity contribution is 0.0937. The monoisotopic (exact) mass is 466 g/mol. The van der Waals surface area contributed by atoms with Gasteiger partial charge in [-0.3, -0.25) is 14.4 Å². The molecular formula is C24H27FN6O3. The summed E-state index contributed by atoms with van der Waals surface area (Å²) in [6.07, 6.45) is 5.50. The lowest BCUT2D eigenvalue weighted by Crippen LogP contribution is -2.41. The van der Waals surface area contributed by atoms with Crippen LogP contribution in [0.4, 0.5) is 33.2 Å². The SMILES string of the molecule is CC(C)(C)Nc1c(Nc2ccnc(Nc3ccc(C(=O)NC4CCCC4)cc3F)n2)c(=O)c1=O. The van der Waals surface area contributed by atoms with Gasteiger partial charge in [0.1, 0.15) is 23.0 Å². The molecule has 4 rings (SSSR count). The van der Waals surface area contributed by atoms with Gasteiger partial charge >= 0.3 is 0 Å². The van der Waals surface area contributed by atoms with E-state index in [1.165, 1.54) is 30.5 Å². The van der Waals surface area contributed by atoms with Crippen molar-refractivity contribution < 1.29 is 9.18 Å². The Bertz CT molecular complexity index is 1290. The van der Waals surface area contributed by atoms with Gasteiger partial charge in [-0.05, 0) is 57.9 Å². The molecule has 0 saturated heterocycles. The van der Waals surface area contributed by atoms with E-state index in [0.717, 1.165) is 25.7 Å². The minimum Gasteiger partial charge on any atom is -0.375 e. The molecule has 1 aromatic heterocycles. The van der Waals surface area contributed by atoms with Crippen LogP contribution in [-0.2, 0) is 0 Å². The maximum atomic E-state index is 14.7. The molecule has 1 saturated carbocycles. The third-order valence-electron chi connectivity index (χ3n) is 5.49. The van der Waals surface area contributed by atoms with Crippen molar-refractivity contribution in [2.45, 2.75) is 58.0 Å². The van der Waals surface area contributed by atoms with E-state index >= 15 is 0 Å². The fraction of sp³-hybridized carbons (Fsp3) is 0.375. The molecule has 9 nitrogen and oxygen atoms in total. The van der Waals surface area contributed by atoms with Crippen LogP contribution >= 0.6 is 0 Å². The molecule has 3 aromatic rings. The van der Waals surface area contributed by atoms with E-state index in [9.17, 15) is 18.8 Å². The van der Waals surface area contributed by atoms with E-state index in [-0.39, 0.29) is 46.3 Å². The Hall–Kier alpha value is -3.82. The van der Waals surface area contributed by atoms with Crippen LogP contribution in [0.25, 0.3) is 0 Å². The smallest absolute Gasteiger partial charge is 0.253 e. The molecule has 10 heteroatoms. The van der Waals surface area contributed by atoms with Gasteiger partial charge in [-0.1, -0.05) is 12.8 Å². The summed E-state index contributed by atoms with van der Waals surface area (Å²) in [6.45, 7) is 5.62. The maximum absolute atomic E-state index is 14.7. The molecule has 34 heavy (non-hydrogen) atoms. The number of benzene rings is 1. The second-order valence-electron chi connectivity index (χ2n) is 9.45. The van der Waals surface area contributed by atoms with Crippen LogP contribution in [0.3, 0.4) is 0 Å². The largest absolute Gasteiger partial charge is 0.375 e. The Labute approximate surface area is 195 Å². The number of anilines is 5. The van der Waals surface area contributed by atoms with Gasteiger partial charge in [-0.15, -0.1) is 0 Å². The van der Waals surface area contributed by atoms with Crippen molar-refractivity contribution >= 4 is 34.7 Å². The predicted molar refractivity (Wildman–Crippen MR) is 129 cm³/mol. The van der Waals surface area contributed by atoms with Crippen molar-refractivity contribution in [2.75, 3.05) is 16.0 Å². The van der Waals surface area contributed by atoms with Gasteiger partial charge in [0.2, 0.25) is 5.95 Å². The molecule has 0 unspecified atom stereocenters. The third kappa shape index (κ3) is 5.22. The molecule has 1 amide bonds. The van der Waals surface area contributed by atoms with E-state index < -0.39 is 22.2 Å². The van der Waals surface area contributed by atoms with E-state index in [4.69, 9.17) is 0 Å². The minimum absolute atomic E-state index is 0.0797. The fourth-order valence-electron chi connectivity index (χ4n) is 3.84. The summed E-state index contributed by atoms with van der Waals surface area (Å²) in [5.41, 5.74) is -0.990. The molecule has 0 spiro atoms. The first kappa shape index (κ1) is 23.3. The topological polar surface area (TPSA) is 125 Å². The molecule has 1 aliphatic carbocycles. The number of amides is 1. The van der Waals surface area contributed by atoms with Crippen molar-refractivity contribution in [1.29, 1.82) is 0 Å². The Morgan fingerprint density at radius 3 is 2.41 bits per heavy atom. The Kier molecular flexibility index (Phi) is 6.32. The van der Waals surface area contributed by atoms with E-state index in [0.29, 0.717) is 0 Å². The number of hydrogen-bond acceptors (Lipinski definition) is 8. The average Bonchev–Trinajstić information content (AvgIpc) is 3.30. The molecule has 1 fully saturated rings. The van der Waals surface area contributed by atoms with E-state index in [1.54, 1.807) is 0 Å². The Balaban J connectivity index is 1.46. The van der Waals surface area contributed by atoms with Crippen molar-refractivity contribution in [2.24, 2.45) is 0 Å². The molecule has 1 aliphatic rings. The van der Waals surface area contributed by atoms with Gasteiger partial charge in [0.25, 0.3) is 16.8 Å². The first-order valence-electron chi connectivity index (χ1n) is 11.2. The summed E-state index contributed by atoms with van der Waals surface area (Å²) in [5.74, 6) is -0.585. The number of carbonyl (C=O) groups is 1. The summed E-state index contributed by atoms with van der Waals surface area (Å²) in [4.78, 5) is 44.7. The van der Waals surface area contributed by atoms with Gasteiger partial charge in [0, 0.05) is 23.3 Å². The van der Waals surface area contributed by atoms with Crippen LogP contribution in [-0.4, -0.2) is 27.5 Å². The predicted octanol–water partition coefficient (Wildman–Crippen LogP) is 3.58. The van der Waals surface area contributed by atoms with Gasteiger partial charge in [-0.25, -0.2) is 9.37 Å². The fourth-order valence-corrected chi connectivity index (χ4v) is 3.84. The molecule has 0 atom stereocenters. The standard InChI is InChI=1S/C24H27FN6O3/c1-24(2,3)31-19-18(20(32)21(19)33)29-17-10-11-26-23(30-17)28-16-9-8-13(12-15(16)25)22(34)27-14-6-4-5-7-14/h8-12,14,31H,4-7H2,1-3H3,(H,27,34)(H2,26,28,29,30). The van der Waals surface area contributed by atoms with Gasteiger partial charge < -0.3 is 21.3 Å². The lowest BCUT2D eigenvalue weighted by atomic mass is 10.1. The van der Waals surface area contributed by atoms with Crippen LogP contribution in [0.5, 0.6) is 0 Å². The summed E-state index contributed by atoms with van der Waals surface area (Å²) in [5, 5.41) is 11.6. The third-order valence-corrected chi connectivity index (χ3v) is 5.49. The molecule has 4 N–H and O–H groups in total. The molecular weight excluding hydrogens is 439 g/mol. The normalized spacial score (nSPS) is 14.2. The first-order valence-corrected chi connectivity index (χ1v) is 11.2. The van der Waals surface area contributed by atoms with Crippen molar-refractivity contribution in [1.82, 2.24) is 15.3 Å². The summed E-state index contributed by atoms with van der Waals surface area (Å²) in [7, 11) is 0. The second kappa shape index (κ2) is 9.20. The molecule has 0 aliphatic heterocycles. The van der Waals surface area contributed by atoms with E-state index in [2.05, 4.69) is 31.2 Å². The highest BCUT2D eigenvalue weighted by Crippen LogP contribution is 2.24. The quantitative estimate of drug-likeness (QED) is 0.390.